The lowest BCUT2D eigenvalue weighted by Gasteiger charge is -2.38. The molecule has 0 unspecified atom stereocenters. The first-order chi connectivity index (χ1) is 24.8. The normalized spacial score (nSPS) is 12.7. The van der Waals surface area contributed by atoms with Gasteiger partial charge in [0.05, 0.1) is 9.49 Å². The van der Waals surface area contributed by atoms with Gasteiger partial charge in [-0.1, -0.05) is 121 Å². The summed E-state index contributed by atoms with van der Waals surface area (Å²) in [4.78, 5) is 0. The molecule has 0 spiro atoms. The zero-order valence-corrected chi connectivity index (χ0v) is 35.1. The largest absolute Gasteiger partial charge is 0.493 e. The topological polar surface area (TPSA) is 46.2 Å². The highest BCUT2D eigenvalue weighted by Gasteiger charge is 2.53. The Bertz CT molecular complexity index is 1310. The van der Waals surface area contributed by atoms with Crippen molar-refractivity contribution in [1.82, 2.24) is 0 Å². The van der Waals surface area contributed by atoms with E-state index in [9.17, 15) is 0 Å². The molecule has 276 valence electrons. The van der Waals surface area contributed by atoms with Gasteiger partial charge in [0, 0.05) is 38.5 Å². The summed E-state index contributed by atoms with van der Waals surface area (Å²) in [5, 5.41) is 0. The SMILES string of the molecule is CCO[Si](CCCSC(C)(c1ccccc1)c1ccccc1)(OCC)O[Si](CCCSC(C)(c1ccccc1)c1ccccc1)(OCC)OCC. The van der Waals surface area contributed by atoms with Gasteiger partial charge in [0.25, 0.3) is 0 Å². The fourth-order valence-corrected chi connectivity index (χ4v) is 17.0. The van der Waals surface area contributed by atoms with Crippen molar-refractivity contribution >= 4 is 41.1 Å². The fourth-order valence-electron chi connectivity index (χ4n) is 6.53. The molecular weight excluding hydrogens is 705 g/mol. The molecule has 0 heterocycles. The summed E-state index contributed by atoms with van der Waals surface area (Å²) >= 11 is 3.92. The predicted molar refractivity (Wildman–Crippen MR) is 222 cm³/mol. The molecule has 9 heteroatoms. The van der Waals surface area contributed by atoms with Crippen LogP contribution >= 0.6 is 23.5 Å². The van der Waals surface area contributed by atoms with Gasteiger partial charge in [-0.15, -0.1) is 23.5 Å². The van der Waals surface area contributed by atoms with E-state index in [1.54, 1.807) is 0 Å². The molecule has 0 saturated heterocycles. The molecule has 0 aromatic heterocycles. The first-order valence-electron chi connectivity index (χ1n) is 18.5. The number of hydrogen-bond acceptors (Lipinski definition) is 7. The molecule has 0 amide bonds. The minimum atomic E-state index is -3.17. The van der Waals surface area contributed by atoms with Crippen molar-refractivity contribution in [2.24, 2.45) is 0 Å². The van der Waals surface area contributed by atoms with E-state index in [-0.39, 0.29) is 9.49 Å². The van der Waals surface area contributed by atoms with Crippen molar-refractivity contribution in [3.8, 4) is 0 Å². The molecule has 51 heavy (non-hydrogen) atoms. The summed E-state index contributed by atoms with van der Waals surface area (Å²) in [6.45, 7) is 14.8. The molecule has 0 aliphatic carbocycles. The fraction of sp³-hybridized carbons (Fsp3) is 0.429. The van der Waals surface area contributed by atoms with E-state index in [4.69, 9.17) is 21.8 Å². The van der Waals surface area contributed by atoms with Gasteiger partial charge in [0.2, 0.25) is 0 Å². The highest BCUT2D eigenvalue weighted by molar-refractivity contribution is 8.00. The molecular formula is C42H58O5S2Si2. The van der Waals surface area contributed by atoms with Crippen LogP contribution in [0.2, 0.25) is 12.1 Å². The van der Waals surface area contributed by atoms with E-state index < -0.39 is 17.6 Å². The average Bonchev–Trinajstić information content (AvgIpc) is 3.17. The molecule has 4 rings (SSSR count). The Kier molecular flexibility index (Phi) is 17.0. The Labute approximate surface area is 318 Å². The molecule has 0 atom stereocenters. The molecule has 4 aromatic carbocycles. The van der Waals surface area contributed by atoms with Crippen LogP contribution in [0.5, 0.6) is 0 Å². The summed E-state index contributed by atoms with van der Waals surface area (Å²) in [6, 6.07) is 44.6. The molecule has 0 bridgehead atoms. The predicted octanol–water partition coefficient (Wildman–Crippen LogP) is 11.2. The van der Waals surface area contributed by atoms with Crippen LogP contribution in [0.4, 0.5) is 0 Å². The Morgan fingerprint density at radius 2 is 0.686 bits per heavy atom. The maximum atomic E-state index is 7.16. The van der Waals surface area contributed by atoms with Crippen molar-refractivity contribution in [3.63, 3.8) is 0 Å². The molecule has 0 N–H and O–H groups in total. The zero-order valence-electron chi connectivity index (χ0n) is 31.5. The third kappa shape index (κ3) is 11.4. The lowest BCUT2D eigenvalue weighted by atomic mass is 9.92. The van der Waals surface area contributed by atoms with E-state index in [1.807, 2.05) is 51.2 Å². The minimum Gasteiger partial charge on any atom is -0.374 e. The average molecular weight is 763 g/mol. The zero-order chi connectivity index (χ0) is 36.5. The third-order valence-electron chi connectivity index (χ3n) is 9.10. The van der Waals surface area contributed by atoms with Gasteiger partial charge in [-0.2, -0.15) is 0 Å². The summed E-state index contributed by atoms with van der Waals surface area (Å²) in [5.74, 6) is 1.84. The van der Waals surface area contributed by atoms with Gasteiger partial charge in [-0.25, -0.2) is 0 Å². The molecule has 5 nitrogen and oxygen atoms in total. The Morgan fingerprint density at radius 3 is 0.922 bits per heavy atom. The Balaban J connectivity index is 1.50. The standard InChI is InChI=1S/C42H58O5S2Si2/c1-7-43-50(44-8-2,35-23-33-48-41(5,37-25-15-11-16-26-37)38-27-17-12-18-28-38)47-51(45-9-3,46-10-4)36-24-34-49-42(6,39-29-19-13-20-30-39)40-31-21-14-22-32-40/h11-22,25-32H,7-10,23-24,33-36H2,1-6H3. The molecule has 0 saturated carbocycles. The number of thioether (sulfide) groups is 2. The van der Waals surface area contributed by atoms with Crippen LogP contribution in [0, 0.1) is 0 Å². The van der Waals surface area contributed by atoms with E-state index >= 15 is 0 Å². The lowest BCUT2D eigenvalue weighted by molar-refractivity contribution is 0.0494. The second-order valence-corrected chi connectivity index (χ2v) is 21.4. The molecule has 0 aliphatic heterocycles. The second-order valence-electron chi connectivity index (χ2n) is 12.6. The van der Waals surface area contributed by atoms with Crippen molar-refractivity contribution in [2.75, 3.05) is 37.9 Å². The van der Waals surface area contributed by atoms with Crippen molar-refractivity contribution in [2.45, 2.75) is 76.0 Å². The van der Waals surface area contributed by atoms with Crippen LogP contribution in [0.15, 0.2) is 121 Å². The Morgan fingerprint density at radius 1 is 0.431 bits per heavy atom. The summed E-state index contributed by atoms with van der Waals surface area (Å²) in [6.07, 6.45) is 1.77. The quantitative estimate of drug-likeness (QED) is 0.0520. The van der Waals surface area contributed by atoms with E-state index in [0.717, 1.165) is 24.3 Å². The van der Waals surface area contributed by atoms with Crippen LogP contribution in [0.3, 0.4) is 0 Å². The van der Waals surface area contributed by atoms with Crippen LogP contribution in [-0.2, 0) is 31.3 Å². The second kappa shape index (κ2) is 20.9. The van der Waals surface area contributed by atoms with Crippen molar-refractivity contribution in [1.29, 1.82) is 0 Å². The molecule has 0 fully saturated rings. The molecule has 0 aliphatic rings. The number of benzene rings is 4. The van der Waals surface area contributed by atoms with Gasteiger partial charge >= 0.3 is 17.6 Å². The smallest absolute Gasteiger partial charge is 0.374 e. The van der Waals surface area contributed by atoms with Gasteiger partial charge in [-0.05, 0) is 88.1 Å². The third-order valence-corrected chi connectivity index (χ3v) is 19.5. The summed E-state index contributed by atoms with van der Waals surface area (Å²) in [5.41, 5.74) is 5.18. The maximum absolute atomic E-state index is 7.16. The number of hydrogen-bond donors (Lipinski definition) is 0. The van der Waals surface area contributed by atoms with Gasteiger partial charge in [0.15, 0.2) is 0 Å². The first-order valence-corrected chi connectivity index (χ1v) is 24.4. The lowest BCUT2D eigenvalue weighted by Crippen LogP contribution is -2.59. The first kappa shape index (κ1) is 41.6. The minimum absolute atomic E-state index is 0.189. The van der Waals surface area contributed by atoms with Crippen LogP contribution in [-0.4, -0.2) is 55.5 Å². The molecule has 4 aromatic rings. The van der Waals surface area contributed by atoms with Gasteiger partial charge in [0.1, 0.15) is 0 Å². The monoisotopic (exact) mass is 762 g/mol. The van der Waals surface area contributed by atoms with Crippen LogP contribution in [0.1, 0.15) is 76.6 Å². The van der Waals surface area contributed by atoms with Gasteiger partial charge in [-0.3, -0.25) is 0 Å². The van der Waals surface area contributed by atoms with Crippen LogP contribution < -0.4 is 0 Å². The van der Waals surface area contributed by atoms with E-state index in [1.165, 1.54) is 22.3 Å². The van der Waals surface area contributed by atoms with E-state index in [0.29, 0.717) is 38.5 Å². The maximum Gasteiger partial charge on any atom is 0.493 e. The van der Waals surface area contributed by atoms with Gasteiger partial charge < -0.3 is 21.8 Å². The van der Waals surface area contributed by atoms with Crippen molar-refractivity contribution in [3.05, 3.63) is 144 Å². The van der Waals surface area contributed by atoms with Crippen molar-refractivity contribution < 1.29 is 21.8 Å². The highest BCUT2D eigenvalue weighted by atomic mass is 32.2. The Hall–Kier alpha value is -2.19. The van der Waals surface area contributed by atoms with E-state index in [2.05, 4.69) is 135 Å². The summed E-state index contributed by atoms with van der Waals surface area (Å²) < 4.78 is 33.0. The molecule has 0 radical (unpaired) electrons. The summed E-state index contributed by atoms with van der Waals surface area (Å²) in [7, 11) is -6.34. The highest BCUT2D eigenvalue weighted by Crippen LogP contribution is 2.44. The van der Waals surface area contributed by atoms with Crippen LogP contribution in [0.25, 0.3) is 0 Å². The number of rotatable bonds is 24.